The zero-order chi connectivity index (χ0) is 18.4. The number of thiazole rings is 1. The van der Waals surface area contributed by atoms with Gasteiger partial charge < -0.3 is 9.84 Å². The molecule has 2 aromatic carbocycles. The summed E-state index contributed by atoms with van der Waals surface area (Å²) in [6.45, 7) is 4.09. The van der Waals surface area contributed by atoms with Crippen LogP contribution in [0.25, 0.3) is 21.9 Å². The predicted molar refractivity (Wildman–Crippen MR) is 106 cm³/mol. The maximum Gasteiger partial charge on any atom is 0.303 e. The van der Waals surface area contributed by atoms with Gasteiger partial charge in [0.15, 0.2) is 0 Å². The third kappa shape index (κ3) is 4.37. The van der Waals surface area contributed by atoms with Crippen LogP contribution in [-0.4, -0.2) is 22.7 Å². The number of rotatable bonds is 8. The Labute approximate surface area is 156 Å². The van der Waals surface area contributed by atoms with E-state index in [1.165, 1.54) is 0 Å². The van der Waals surface area contributed by atoms with E-state index in [1.807, 2.05) is 54.6 Å². The minimum atomic E-state index is -0.826. The van der Waals surface area contributed by atoms with E-state index in [4.69, 9.17) is 9.84 Å². The second kappa shape index (κ2) is 8.45. The lowest BCUT2D eigenvalue weighted by Crippen LogP contribution is -1.97. The van der Waals surface area contributed by atoms with Crippen molar-refractivity contribution >= 4 is 39.2 Å². The van der Waals surface area contributed by atoms with Crippen LogP contribution in [0.15, 0.2) is 61.2 Å². The van der Waals surface area contributed by atoms with E-state index in [0.717, 1.165) is 32.1 Å². The molecule has 0 saturated carbocycles. The van der Waals surface area contributed by atoms with Gasteiger partial charge in [0.05, 0.1) is 10.2 Å². The highest BCUT2D eigenvalue weighted by molar-refractivity contribution is 7.19. The number of hydrogen-bond acceptors (Lipinski definition) is 4. The molecule has 3 rings (SSSR count). The zero-order valence-electron chi connectivity index (χ0n) is 14.2. The van der Waals surface area contributed by atoms with Gasteiger partial charge in [0, 0.05) is 12.0 Å². The normalized spacial score (nSPS) is 11.5. The number of carboxylic acids is 1. The van der Waals surface area contributed by atoms with Crippen molar-refractivity contribution in [3.8, 4) is 5.75 Å². The highest BCUT2D eigenvalue weighted by Gasteiger charge is 2.12. The Bertz CT molecular complexity index is 926. The van der Waals surface area contributed by atoms with E-state index in [0.29, 0.717) is 13.0 Å². The molecule has 0 atom stereocenters. The minimum Gasteiger partial charge on any atom is -0.489 e. The molecule has 0 aliphatic carbocycles. The van der Waals surface area contributed by atoms with Crippen LogP contribution in [0.5, 0.6) is 5.75 Å². The summed E-state index contributed by atoms with van der Waals surface area (Å²) in [4.78, 5) is 15.8. The number of benzene rings is 2. The summed E-state index contributed by atoms with van der Waals surface area (Å²) in [6.07, 6.45) is 4.13. The third-order valence-electron chi connectivity index (χ3n) is 3.78. The Morgan fingerprint density at radius 1 is 1.15 bits per heavy atom. The molecule has 0 radical (unpaired) electrons. The van der Waals surface area contributed by atoms with Crippen molar-refractivity contribution in [2.75, 3.05) is 6.61 Å². The first-order valence-electron chi connectivity index (χ1n) is 8.28. The van der Waals surface area contributed by atoms with E-state index in [2.05, 4.69) is 11.6 Å². The molecule has 0 fully saturated rings. The van der Waals surface area contributed by atoms with E-state index >= 15 is 0 Å². The van der Waals surface area contributed by atoms with Gasteiger partial charge in [-0.25, -0.2) is 4.98 Å². The van der Waals surface area contributed by atoms with Gasteiger partial charge in [0.25, 0.3) is 0 Å². The largest absolute Gasteiger partial charge is 0.489 e. The number of fused-ring (bicyclic) bond motifs is 1. The van der Waals surface area contributed by atoms with Crippen LogP contribution in [0.4, 0.5) is 0 Å². The number of nitrogens with zero attached hydrogens (tertiary/aromatic N) is 1. The van der Waals surface area contributed by atoms with Crippen molar-refractivity contribution in [3.63, 3.8) is 0 Å². The van der Waals surface area contributed by atoms with Gasteiger partial charge in [0.1, 0.15) is 17.4 Å². The van der Waals surface area contributed by atoms with Crippen LogP contribution < -0.4 is 4.74 Å². The molecule has 0 spiro atoms. The van der Waals surface area contributed by atoms with Crippen LogP contribution in [0, 0.1) is 0 Å². The standard InChI is InChI=1S/C21H19NO3S/c1-2-13-25-18-9-5-3-7-15(18)14-16(11-12-20(23)24)21-22-17-8-4-6-10-19(17)26-21/h2-10,14H,1,11-13H2,(H,23,24)/b16-14+. The first kappa shape index (κ1) is 17.9. The van der Waals surface area contributed by atoms with Crippen molar-refractivity contribution in [2.45, 2.75) is 12.8 Å². The molecule has 0 unspecified atom stereocenters. The molecule has 0 amide bonds. The summed E-state index contributed by atoms with van der Waals surface area (Å²) in [5.41, 5.74) is 2.71. The molecule has 132 valence electrons. The molecule has 26 heavy (non-hydrogen) atoms. The van der Waals surface area contributed by atoms with Gasteiger partial charge in [-0.05, 0) is 36.3 Å². The number of aliphatic carboxylic acids is 1. The Hall–Kier alpha value is -2.92. The minimum absolute atomic E-state index is 0.0530. The van der Waals surface area contributed by atoms with Gasteiger partial charge >= 0.3 is 5.97 Å². The summed E-state index contributed by atoms with van der Waals surface area (Å²) in [6, 6.07) is 15.6. The fourth-order valence-corrected chi connectivity index (χ4v) is 3.57. The molecular weight excluding hydrogens is 346 g/mol. The van der Waals surface area contributed by atoms with Crippen molar-refractivity contribution < 1.29 is 14.6 Å². The molecule has 0 saturated heterocycles. The summed E-state index contributed by atoms with van der Waals surface area (Å²) >= 11 is 1.57. The summed E-state index contributed by atoms with van der Waals surface area (Å²) < 4.78 is 6.79. The van der Waals surface area contributed by atoms with Crippen LogP contribution >= 0.6 is 11.3 Å². The lowest BCUT2D eigenvalue weighted by molar-refractivity contribution is -0.136. The number of carbonyl (C=O) groups is 1. The lowest BCUT2D eigenvalue weighted by Gasteiger charge is -2.09. The molecule has 1 heterocycles. The van der Waals surface area contributed by atoms with Gasteiger partial charge in [-0.2, -0.15) is 0 Å². The van der Waals surface area contributed by atoms with E-state index < -0.39 is 5.97 Å². The first-order chi connectivity index (χ1) is 12.7. The Morgan fingerprint density at radius 2 is 1.92 bits per heavy atom. The number of aromatic nitrogens is 1. The number of allylic oxidation sites excluding steroid dienone is 1. The SMILES string of the molecule is C=CCOc1ccccc1/C=C(\CCC(=O)O)c1nc2ccccc2s1. The molecule has 0 bridgehead atoms. The van der Waals surface area contributed by atoms with Crippen LogP contribution in [0.2, 0.25) is 0 Å². The van der Waals surface area contributed by atoms with Gasteiger partial charge in [-0.1, -0.05) is 43.0 Å². The zero-order valence-corrected chi connectivity index (χ0v) is 15.0. The summed E-state index contributed by atoms with van der Waals surface area (Å²) in [5.74, 6) is -0.0884. The summed E-state index contributed by atoms with van der Waals surface area (Å²) in [7, 11) is 0. The Kier molecular flexibility index (Phi) is 5.81. The van der Waals surface area contributed by atoms with E-state index in [1.54, 1.807) is 17.4 Å². The molecule has 1 aromatic heterocycles. The van der Waals surface area contributed by atoms with Gasteiger partial charge in [0.2, 0.25) is 0 Å². The van der Waals surface area contributed by atoms with Crippen LogP contribution in [0.1, 0.15) is 23.4 Å². The molecule has 0 aliphatic heterocycles. The van der Waals surface area contributed by atoms with E-state index in [-0.39, 0.29) is 6.42 Å². The number of hydrogen-bond donors (Lipinski definition) is 1. The van der Waals surface area contributed by atoms with Gasteiger partial charge in [-0.15, -0.1) is 11.3 Å². The average molecular weight is 365 g/mol. The predicted octanol–water partition coefficient (Wildman–Crippen LogP) is 5.27. The maximum atomic E-state index is 11.1. The van der Waals surface area contributed by atoms with Gasteiger partial charge in [-0.3, -0.25) is 4.79 Å². The molecule has 3 aromatic rings. The number of carboxylic acid groups (broad SMARTS) is 1. The smallest absolute Gasteiger partial charge is 0.303 e. The molecule has 5 heteroatoms. The second-order valence-corrected chi connectivity index (χ2v) is 6.72. The van der Waals surface area contributed by atoms with Crippen LogP contribution in [-0.2, 0) is 4.79 Å². The Morgan fingerprint density at radius 3 is 2.69 bits per heavy atom. The fraction of sp³-hybridized carbons (Fsp3) is 0.143. The monoisotopic (exact) mass is 365 g/mol. The van der Waals surface area contributed by atoms with Crippen molar-refractivity contribution in [2.24, 2.45) is 0 Å². The second-order valence-electron chi connectivity index (χ2n) is 5.69. The van der Waals surface area contributed by atoms with E-state index in [9.17, 15) is 4.79 Å². The van der Waals surface area contributed by atoms with Crippen LogP contribution in [0.3, 0.4) is 0 Å². The Balaban J connectivity index is 2.01. The lowest BCUT2D eigenvalue weighted by atomic mass is 10.1. The quantitative estimate of drug-likeness (QED) is 0.553. The first-order valence-corrected chi connectivity index (χ1v) is 9.10. The topological polar surface area (TPSA) is 59.4 Å². The average Bonchev–Trinajstić information content (AvgIpc) is 3.08. The highest BCUT2D eigenvalue weighted by Crippen LogP contribution is 2.32. The van der Waals surface area contributed by atoms with Crippen molar-refractivity contribution in [1.82, 2.24) is 4.98 Å². The highest BCUT2D eigenvalue weighted by atomic mass is 32.1. The molecule has 4 nitrogen and oxygen atoms in total. The van der Waals surface area contributed by atoms with Crippen molar-refractivity contribution in [3.05, 3.63) is 71.8 Å². The molecular formula is C21H19NO3S. The fourth-order valence-electron chi connectivity index (χ4n) is 2.56. The third-order valence-corrected chi connectivity index (χ3v) is 4.89. The molecule has 1 N–H and O–H groups in total. The number of ether oxygens (including phenoxy) is 1. The number of para-hydroxylation sites is 2. The van der Waals surface area contributed by atoms with Crippen molar-refractivity contribution in [1.29, 1.82) is 0 Å². The maximum absolute atomic E-state index is 11.1. The summed E-state index contributed by atoms with van der Waals surface area (Å²) in [5, 5.41) is 9.94. The molecule has 0 aliphatic rings.